The van der Waals surface area contributed by atoms with Crippen molar-refractivity contribution in [2.45, 2.75) is 53.2 Å². The molecule has 0 bridgehead atoms. The van der Waals surface area contributed by atoms with Crippen molar-refractivity contribution in [3.8, 4) is 5.75 Å². The number of phenols is 1. The van der Waals surface area contributed by atoms with E-state index in [9.17, 15) is 19.5 Å². The van der Waals surface area contributed by atoms with E-state index in [-0.39, 0.29) is 61.7 Å². The highest BCUT2D eigenvalue weighted by molar-refractivity contribution is 7.16. The number of aromatic nitrogens is 1. The van der Waals surface area contributed by atoms with Crippen molar-refractivity contribution in [1.82, 2.24) is 19.7 Å². The molecule has 3 rings (SSSR count). The number of H-pyrrole nitrogens is 1. The average Bonchev–Trinajstić information content (AvgIpc) is 3.34. The molecule has 0 aliphatic rings. The van der Waals surface area contributed by atoms with E-state index < -0.39 is 17.8 Å². The summed E-state index contributed by atoms with van der Waals surface area (Å²) in [5.74, 6) is 0.00225. The summed E-state index contributed by atoms with van der Waals surface area (Å²) in [5.41, 5.74) is 1.43. The zero-order valence-electron chi connectivity index (χ0n) is 25.5. The molecule has 0 saturated heterocycles. The van der Waals surface area contributed by atoms with Crippen LogP contribution in [0.1, 0.15) is 45.7 Å². The maximum Gasteiger partial charge on any atom is 0.410 e. The number of amides is 2. The number of fused-ring (bicyclic) bond motifs is 1. The van der Waals surface area contributed by atoms with Crippen molar-refractivity contribution < 1.29 is 24.2 Å². The second-order valence-corrected chi connectivity index (χ2v) is 11.7. The van der Waals surface area contributed by atoms with E-state index in [2.05, 4.69) is 23.7 Å². The molecule has 0 fully saturated rings. The zero-order valence-corrected chi connectivity index (χ0v) is 27.9. The van der Waals surface area contributed by atoms with Gasteiger partial charge in [-0.2, -0.15) is 0 Å². The van der Waals surface area contributed by atoms with Gasteiger partial charge in [-0.05, 0) is 57.5 Å². The van der Waals surface area contributed by atoms with Gasteiger partial charge in [-0.1, -0.05) is 61.6 Å². The molecule has 43 heavy (non-hydrogen) atoms. The topological polar surface area (TPSA) is 115 Å². The Bertz CT molecular complexity index is 1340. The van der Waals surface area contributed by atoms with Gasteiger partial charge in [0.05, 0.1) is 4.70 Å². The molecule has 0 radical (unpaired) electrons. The monoisotopic (exact) mass is 658 g/mol. The summed E-state index contributed by atoms with van der Waals surface area (Å²) in [6, 6.07) is 12.7. The predicted molar refractivity (Wildman–Crippen MR) is 176 cm³/mol. The standard InChI is InChI=1S/C30H42N4O6S.2ClH/c1-6-32(7-2)17-18-34(29(38)40-30(3,4)5)20-19-33(28(37)39-21-22-11-9-8-10-12-22)16-15-23-13-14-24(35)25-26(23)41-27(36)31-25;;/h8-14,35H,6-7,15-21H2,1-5H3,(H,31,36);2*1H. The highest BCUT2D eigenvalue weighted by Crippen LogP contribution is 2.28. The number of likely N-dealkylation sites (N-methyl/N-ethyl adjacent to an activating group) is 1. The van der Waals surface area contributed by atoms with Gasteiger partial charge in [-0.25, -0.2) is 9.59 Å². The summed E-state index contributed by atoms with van der Waals surface area (Å²) >= 11 is 1.02. The van der Waals surface area contributed by atoms with E-state index in [1.54, 1.807) is 15.9 Å². The third-order valence-corrected chi connectivity index (χ3v) is 7.58. The Morgan fingerprint density at radius 2 is 1.49 bits per heavy atom. The van der Waals surface area contributed by atoms with E-state index in [1.807, 2.05) is 51.1 Å². The van der Waals surface area contributed by atoms with Crippen molar-refractivity contribution in [1.29, 1.82) is 0 Å². The summed E-state index contributed by atoms with van der Waals surface area (Å²) in [6.45, 7) is 13.4. The van der Waals surface area contributed by atoms with Gasteiger partial charge >= 0.3 is 17.1 Å². The quantitative estimate of drug-likeness (QED) is 0.235. The van der Waals surface area contributed by atoms with Crippen molar-refractivity contribution in [3.63, 3.8) is 0 Å². The van der Waals surface area contributed by atoms with E-state index in [0.717, 1.165) is 35.6 Å². The highest BCUT2D eigenvalue weighted by atomic mass is 35.5. The van der Waals surface area contributed by atoms with Crippen molar-refractivity contribution in [3.05, 3.63) is 63.3 Å². The van der Waals surface area contributed by atoms with Crippen LogP contribution in [0.5, 0.6) is 5.75 Å². The molecule has 1 aromatic heterocycles. The minimum atomic E-state index is -0.652. The van der Waals surface area contributed by atoms with Crippen LogP contribution in [0.25, 0.3) is 10.2 Å². The van der Waals surface area contributed by atoms with Gasteiger partial charge in [0.1, 0.15) is 23.5 Å². The Morgan fingerprint density at radius 3 is 2.09 bits per heavy atom. The molecule has 2 N–H and O–H groups in total. The fourth-order valence-electron chi connectivity index (χ4n) is 4.29. The van der Waals surface area contributed by atoms with Crippen LogP contribution >= 0.6 is 36.2 Å². The molecule has 0 unspecified atom stereocenters. The molecule has 0 atom stereocenters. The number of nitrogens with zero attached hydrogens (tertiary/aromatic N) is 3. The average molecular weight is 660 g/mol. The second kappa shape index (κ2) is 18.0. The van der Waals surface area contributed by atoms with Crippen LogP contribution in [0.15, 0.2) is 47.3 Å². The van der Waals surface area contributed by atoms with Crippen LogP contribution in [0.3, 0.4) is 0 Å². The molecule has 2 amide bonds. The number of carbonyl (C=O) groups is 2. The van der Waals surface area contributed by atoms with Crippen molar-refractivity contribution >= 4 is 58.6 Å². The largest absolute Gasteiger partial charge is 0.506 e. The lowest BCUT2D eigenvalue weighted by Gasteiger charge is -2.31. The van der Waals surface area contributed by atoms with Gasteiger partial charge in [0.25, 0.3) is 0 Å². The van der Waals surface area contributed by atoms with E-state index in [1.165, 1.54) is 6.07 Å². The number of nitrogens with one attached hydrogen (secondary N) is 1. The first-order chi connectivity index (χ1) is 19.5. The Kier molecular flexibility index (Phi) is 15.9. The van der Waals surface area contributed by atoms with Gasteiger partial charge in [0.15, 0.2) is 0 Å². The zero-order chi connectivity index (χ0) is 30.0. The molecule has 3 aromatic rings. The van der Waals surface area contributed by atoms with Crippen molar-refractivity contribution in [2.75, 3.05) is 45.8 Å². The van der Waals surface area contributed by atoms with E-state index >= 15 is 0 Å². The number of hydrogen-bond donors (Lipinski definition) is 2. The summed E-state index contributed by atoms with van der Waals surface area (Å²) in [6.07, 6.45) is -0.504. The Morgan fingerprint density at radius 1 is 0.884 bits per heavy atom. The van der Waals surface area contributed by atoms with Crippen LogP contribution in [0, 0.1) is 0 Å². The number of phenolic OH excluding ortho intramolecular Hbond substituents is 1. The van der Waals surface area contributed by atoms with Gasteiger partial charge < -0.3 is 34.3 Å². The first-order valence-electron chi connectivity index (χ1n) is 14.0. The summed E-state index contributed by atoms with van der Waals surface area (Å²) < 4.78 is 12.0. The number of benzene rings is 2. The molecule has 1 heterocycles. The molecule has 10 nitrogen and oxygen atoms in total. The van der Waals surface area contributed by atoms with E-state index in [4.69, 9.17) is 9.47 Å². The van der Waals surface area contributed by atoms with Gasteiger partial charge in [0.2, 0.25) is 0 Å². The number of rotatable bonds is 13. The normalized spacial score (nSPS) is 11.0. The minimum absolute atomic E-state index is 0. The number of thiazole rings is 1. The molecule has 0 spiro atoms. The number of aromatic hydroxyl groups is 1. The van der Waals surface area contributed by atoms with Crippen LogP contribution in [0.4, 0.5) is 9.59 Å². The highest BCUT2D eigenvalue weighted by Gasteiger charge is 2.25. The van der Waals surface area contributed by atoms with Crippen LogP contribution in [-0.4, -0.2) is 88.4 Å². The predicted octanol–water partition coefficient (Wildman–Crippen LogP) is 5.90. The molecule has 0 saturated carbocycles. The summed E-state index contributed by atoms with van der Waals surface area (Å²) in [5, 5.41) is 10.2. The molecule has 2 aromatic carbocycles. The third-order valence-electron chi connectivity index (χ3n) is 6.63. The third kappa shape index (κ3) is 11.9. The number of aromatic amines is 1. The summed E-state index contributed by atoms with van der Waals surface area (Å²) in [7, 11) is 0. The first kappa shape index (κ1) is 38.0. The maximum atomic E-state index is 13.3. The molecule has 240 valence electrons. The van der Waals surface area contributed by atoms with Crippen LogP contribution < -0.4 is 4.87 Å². The molecular formula is C30H44Cl2N4O6S. The SMILES string of the molecule is CCN(CC)CCN(CCN(CCc1ccc(O)c2[nH]c(=O)sc12)C(=O)OCc1ccccc1)C(=O)OC(C)(C)C.Cl.Cl. The minimum Gasteiger partial charge on any atom is -0.506 e. The lowest BCUT2D eigenvalue weighted by atomic mass is 10.1. The lowest BCUT2D eigenvalue weighted by Crippen LogP contribution is -2.46. The Balaban J connectivity index is 0.00000462. The van der Waals surface area contributed by atoms with E-state index in [0.29, 0.717) is 29.7 Å². The number of hydrogen-bond acceptors (Lipinski definition) is 8. The maximum absolute atomic E-state index is 13.3. The lowest BCUT2D eigenvalue weighted by molar-refractivity contribution is 0.0208. The fraction of sp³-hybridized carbons (Fsp3) is 0.500. The summed E-state index contributed by atoms with van der Waals surface area (Å²) in [4.78, 5) is 46.2. The molecule has 0 aliphatic carbocycles. The Hall–Kier alpha value is -2.99. The van der Waals surface area contributed by atoms with Gasteiger partial charge in [0, 0.05) is 32.7 Å². The van der Waals surface area contributed by atoms with Crippen LogP contribution in [-0.2, 0) is 22.5 Å². The van der Waals surface area contributed by atoms with Gasteiger partial charge in [-0.3, -0.25) is 4.79 Å². The van der Waals surface area contributed by atoms with Gasteiger partial charge in [-0.15, -0.1) is 24.8 Å². The molecule has 13 heteroatoms. The van der Waals surface area contributed by atoms with Crippen molar-refractivity contribution in [2.24, 2.45) is 0 Å². The first-order valence-corrected chi connectivity index (χ1v) is 14.8. The van der Waals surface area contributed by atoms with Crippen LogP contribution in [0.2, 0.25) is 0 Å². The fourth-order valence-corrected chi connectivity index (χ4v) is 5.19. The smallest absolute Gasteiger partial charge is 0.410 e. The molecular weight excluding hydrogens is 615 g/mol. The Labute approximate surface area is 269 Å². The number of ether oxygens (including phenoxy) is 2. The second-order valence-electron chi connectivity index (χ2n) is 10.7. The number of carbonyl (C=O) groups excluding carboxylic acids is 2. The molecule has 0 aliphatic heterocycles. The number of halogens is 2.